The van der Waals surface area contributed by atoms with Gasteiger partial charge < -0.3 is 15.9 Å². The van der Waals surface area contributed by atoms with Gasteiger partial charge in [0.05, 0.1) is 6.61 Å². The van der Waals surface area contributed by atoms with Gasteiger partial charge >= 0.3 is 0 Å². The molecule has 0 rings (SSSR count). The van der Waals surface area contributed by atoms with Crippen LogP contribution >= 0.6 is 0 Å². The standard InChI is InChI=1S/C10H24N2O2/c1-3-4-7-12-10(2,14)6-5-9(11)8-13/h9,12-14H,3-8,11H2,1-2H3. The molecule has 86 valence electrons. The first-order valence-electron chi connectivity index (χ1n) is 5.35. The van der Waals surface area contributed by atoms with Gasteiger partial charge in [0.1, 0.15) is 5.72 Å². The van der Waals surface area contributed by atoms with Gasteiger partial charge in [0, 0.05) is 6.04 Å². The summed E-state index contributed by atoms with van der Waals surface area (Å²) in [5.41, 5.74) is 4.69. The summed E-state index contributed by atoms with van der Waals surface area (Å²) < 4.78 is 0. The number of rotatable bonds is 8. The highest BCUT2D eigenvalue weighted by Gasteiger charge is 2.19. The minimum Gasteiger partial charge on any atom is -0.395 e. The Kier molecular flexibility index (Phi) is 7.09. The second-order valence-corrected chi connectivity index (χ2v) is 4.04. The molecule has 0 aromatic heterocycles. The fraction of sp³-hybridized carbons (Fsp3) is 1.00. The number of unbranched alkanes of at least 4 members (excludes halogenated alkanes) is 1. The van der Waals surface area contributed by atoms with E-state index in [4.69, 9.17) is 10.8 Å². The lowest BCUT2D eigenvalue weighted by Crippen LogP contribution is -2.44. The van der Waals surface area contributed by atoms with Crippen LogP contribution in [0, 0.1) is 0 Å². The molecule has 0 bridgehead atoms. The topological polar surface area (TPSA) is 78.5 Å². The van der Waals surface area contributed by atoms with Crippen LogP contribution in [0.2, 0.25) is 0 Å². The average Bonchev–Trinajstić information content (AvgIpc) is 2.14. The lowest BCUT2D eigenvalue weighted by molar-refractivity contribution is 0.0110. The first-order valence-corrected chi connectivity index (χ1v) is 5.35. The van der Waals surface area contributed by atoms with Crippen LogP contribution in [0.25, 0.3) is 0 Å². The fourth-order valence-corrected chi connectivity index (χ4v) is 1.18. The summed E-state index contributed by atoms with van der Waals surface area (Å²) in [4.78, 5) is 0. The predicted molar refractivity (Wildman–Crippen MR) is 57.8 cm³/mol. The van der Waals surface area contributed by atoms with Crippen LogP contribution in [0.5, 0.6) is 0 Å². The Morgan fingerprint density at radius 2 is 2.14 bits per heavy atom. The molecule has 0 spiro atoms. The first-order chi connectivity index (χ1) is 6.52. The number of nitrogens with one attached hydrogen (secondary N) is 1. The molecule has 0 aliphatic carbocycles. The molecule has 0 aromatic rings. The van der Waals surface area contributed by atoms with E-state index in [1.165, 1.54) is 0 Å². The molecule has 2 atom stereocenters. The zero-order valence-electron chi connectivity index (χ0n) is 9.29. The van der Waals surface area contributed by atoms with E-state index in [-0.39, 0.29) is 12.6 Å². The molecule has 0 aliphatic heterocycles. The van der Waals surface area contributed by atoms with Crippen LogP contribution in [-0.2, 0) is 0 Å². The van der Waals surface area contributed by atoms with E-state index >= 15 is 0 Å². The van der Waals surface area contributed by atoms with Crippen molar-refractivity contribution in [1.29, 1.82) is 0 Å². The Bertz CT molecular complexity index is 140. The molecule has 0 aliphatic rings. The quantitative estimate of drug-likeness (QED) is 0.336. The molecule has 14 heavy (non-hydrogen) atoms. The molecule has 0 amide bonds. The molecular weight excluding hydrogens is 180 g/mol. The van der Waals surface area contributed by atoms with Gasteiger partial charge in [-0.1, -0.05) is 13.3 Å². The third-order valence-electron chi connectivity index (χ3n) is 2.27. The minimum absolute atomic E-state index is 0.0228. The average molecular weight is 204 g/mol. The summed E-state index contributed by atoms with van der Waals surface area (Å²) in [5, 5.41) is 21.6. The maximum absolute atomic E-state index is 9.84. The van der Waals surface area contributed by atoms with E-state index in [0.29, 0.717) is 12.8 Å². The highest BCUT2D eigenvalue weighted by molar-refractivity contribution is 4.72. The Morgan fingerprint density at radius 3 is 2.64 bits per heavy atom. The summed E-state index contributed by atoms with van der Waals surface area (Å²) in [6.45, 7) is 4.65. The molecule has 5 N–H and O–H groups in total. The van der Waals surface area contributed by atoms with Gasteiger partial charge in [-0.15, -0.1) is 0 Å². The molecule has 0 fully saturated rings. The van der Waals surface area contributed by atoms with Crippen LogP contribution in [0.1, 0.15) is 39.5 Å². The number of aliphatic hydroxyl groups excluding tert-OH is 1. The van der Waals surface area contributed by atoms with Crippen molar-refractivity contribution in [2.45, 2.75) is 51.3 Å². The second kappa shape index (κ2) is 7.17. The van der Waals surface area contributed by atoms with Gasteiger partial charge in [0.25, 0.3) is 0 Å². The van der Waals surface area contributed by atoms with Crippen molar-refractivity contribution in [2.24, 2.45) is 5.73 Å². The van der Waals surface area contributed by atoms with E-state index in [1.807, 2.05) is 0 Å². The summed E-state index contributed by atoms with van der Waals surface area (Å²) >= 11 is 0. The van der Waals surface area contributed by atoms with Gasteiger partial charge in [-0.05, 0) is 32.7 Å². The van der Waals surface area contributed by atoms with E-state index in [0.717, 1.165) is 19.4 Å². The molecular formula is C10H24N2O2. The Balaban J connectivity index is 3.60. The van der Waals surface area contributed by atoms with E-state index in [9.17, 15) is 5.11 Å². The van der Waals surface area contributed by atoms with Gasteiger partial charge in [0.2, 0.25) is 0 Å². The second-order valence-electron chi connectivity index (χ2n) is 4.04. The maximum Gasteiger partial charge on any atom is 0.113 e. The number of nitrogens with two attached hydrogens (primary N) is 1. The normalized spacial score (nSPS) is 17.8. The predicted octanol–water partition coefficient (Wildman–Crippen LogP) is 0.184. The van der Waals surface area contributed by atoms with Crippen LogP contribution in [0.3, 0.4) is 0 Å². The van der Waals surface area contributed by atoms with Gasteiger partial charge in [-0.2, -0.15) is 0 Å². The first kappa shape index (κ1) is 13.8. The molecule has 2 unspecified atom stereocenters. The van der Waals surface area contributed by atoms with Crippen molar-refractivity contribution < 1.29 is 10.2 Å². The molecule has 0 saturated carbocycles. The summed E-state index contributed by atoms with van der Waals surface area (Å²) in [6, 6.07) is -0.227. The third kappa shape index (κ3) is 7.26. The van der Waals surface area contributed by atoms with Gasteiger partial charge in [0.15, 0.2) is 0 Å². The zero-order valence-corrected chi connectivity index (χ0v) is 9.29. The minimum atomic E-state index is -0.859. The van der Waals surface area contributed by atoms with Crippen molar-refractivity contribution in [3.8, 4) is 0 Å². The van der Waals surface area contributed by atoms with Crippen LogP contribution in [0.4, 0.5) is 0 Å². The van der Waals surface area contributed by atoms with E-state index in [2.05, 4.69) is 12.2 Å². The summed E-state index contributed by atoms with van der Waals surface area (Å²) in [6.07, 6.45) is 3.36. The van der Waals surface area contributed by atoms with Crippen LogP contribution in [-0.4, -0.2) is 35.1 Å². The summed E-state index contributed by atoms with van der Waals surface area (Å²) in [5.74, 6) is 0. The van der Waals surface area contributed by atoms with Crippen molar-refractivity contribution >= 4 is 0 Å². The largest absolute Gasteiger partial charge is 0.395 e. The number of hydrogen-bond acceptors (Lipinski definition) is 4. The summed E-state index contributed by atoms with van der Waals surface area (Å²) in [7, 11) is 0. The van der Waals surface area contributed by atoms with Gasteiger partial charge in [-0.3, -0.25) is 5.32 Å². The number of hydrogen-bond donors (Lipinski definition) is 4. The van der Waals surface area contributed by atoms with Crippen LogP contribution < -0.4 is 11.1 Å². The van der Waals surface area contributed by atoms with Crippen LogP contribution in [0.15, 0.2) is 0 Å². The van der Waals surface area contributed by atoms with Crippen molar-refractivity contribution in [3.05, 3.63) is 0 Å². The SMILES string of the molecule is CCCCNC(C)(O)CCC(N)CO. The highest BCUT2D eigenvalue weighted by atomic mass is 16.3. The van der Waals surface area contributed by atoms with Crippen molar-refractivity contribution in [2.75, 3.05) is 13.2 Å². The molecule has 0 radical (unpaired) electrons. The van der Waals surface area contributed by atoms with E-state index in [1.54, 1.807) is 6.92 Å². The van der Waals surface area contributed by atoms with Crippen molar-refractivity contribution in [1.82, 2.24) is 5.32 Å². The molecule has 0 saturated heterocycles. The molecule has 0 aromatic carbocycles. The highest BCUT2D eigenvalue weighted by Crippen LogP contribution is 2.09. The molecule has 4 nitrogen and oxygen atoms in total. The lowest BCUT2D eigenvalue weighted by atomic mass is 10.1. The Morgan fingerprint density at radius 1 is 1.50 bits per heavy atom. The van der Waals surface area contributed by atoms with E-state index < -0.39 is 5.72 Å². The van der Waals surface area contributed by atoms with Crippen molar-refractivity contribution in [3.63, 3.8) is 0 Å². The number of aliphatic hydroxyl groups is 2. The molecule has 4 heteroatoms. The van der Waals surface area contributed by atoms with Gasteiger partial charge in [-0.25, -0.2) is 0 Å². The Hall–Kier alpha value is -0.160. The fourth-order valence-electron chi connectivity index (χ4n) is 1.18. The smallest absolute Gasteiger partial charge is 0.113 e. The molecule has 0 heterocycles. The monoisotopic (exact) mass is 204 g/mol. The lowest BCUT2D eigenvalue weighted by Gasteiger charge is -2.26. The Labute approximate surface area is 86.5 Å². The third-order valence-corrected chi connectivity index (χ3v) is 2.27. The maximum atomic E-state index is 9.84. The zero-order chi connectivity index (χ0) is 11.0.